The Balaban J connectivity index is 1.47. The van der Waals surface area contributed by atoms with Crippen molar-refractivity contribution in [2.75, 3.05) is 18.4 Å². The van der Waals surface area contributed by atoms with E-state index >= 15 is 0 Å². The molecule has 0 saturated carbocycles. The number of hydrogen-bond donors (Lipinski definition) is 2. The van der Waals surface area contributed by atoms with Gasteiger partial charge in [-0.3, -0.25) is 19.3 Å². The van der Waals surface area contributed by atoms with Gasteiger partial charge < -0.3 is 10.6 Å². The molecule has 26 heavy (non-hydrogen) atoms. The third-order valence-electron chi connectivity index (χ3n) is 3.64. The second-order valence-electron chi connectivity index (χ2n) is 5.45. The smallest absolute Gasteiger partial charge is 0.350 e. The van der Waals surface area contributed by atoms with Gasteiger partial charge in [0.2, 0.25) is 5.91 Å². The van der Waals surface area contributed by atoms with Gasteiger partial charge in [-0.2, -0.15) is 0 Å². The third-order valence-corrected chi connectivity index (χ3v) is 3.64. The Morgan fingerprint density at radius 3 is 2.62 bits per heavy atom. The molecule has 10 nitrogen and oxygen atoms in total. The van der Waals surface area contributed by atoms with Gasteiger partial charge in [0.1, 0.15) is 6.54 Å². The summed E-state index contributed by atoms with van der Waals surface area (Å²) in [5, 5.41) is 20.4. The minimum atomic E-state index is -0.467. The van der Waals surface area contributed by atoms with Crippen molar-refractivity contribution in [1.82, 2.24) is 19.5 Å². The van der Waals surface area contributed by atoms with Crippen molar-refractivity contribution in [2.24, 2.45) is 0 Å². The van der Waals surface area contributed by atoms with Gasteiger partial charge in [0.05, 0.1) is 4.92 Å². The van der Waals surface area contributed by atoms with Gasteiger partial charge in [-0.25, -0.2) is 9.48 Å². The van der Waals surface area contributed by atoms with E-state index in [0.717, 1.165) is 4.68 Å². The van der Waals surface area contributed by atoms with Crippen LogP contribution in [-0.2, 0) is 11.3 Å². The summed E-state index contributed by atoms with van der Waals surface area (Å²) in [4.78, 5) is 34.1. The van der Waals surface area contributed by atoms with Crippen molar-refractivity contribution in [3.63, 3.8) is 0 Å². The first kappa shape index (κ1) is 17.1. The quantitative estimate of drug-likeness (QED) is 0.364. The lowest BCUT2D eigenvalue weighted by atomic mass is 10.3. The molecule has 0 radical (unpaired) electrons. The van der Waals surface area contributed by atoms with Crippen LogP contribution in [0.3, 0.4) is 0 Å². The van der Waals surface area contributed by atoms with E-state index in [2.05, 4.69) is 15.7 Å². The van der Waals surface area contributed by atoms with E-state index in [-0.39, 0.29) is 23.8 Å². The maximum Gasteiger partial charge on any atom is 0.350 e. The predicted molar refractivity (Wildman–Crippen MR) is 94.0 cm³/mol. The molecular weight excluding hydrogens is 340 g/mol. The summed E-state index contributed by atoms with van der Waals surface area (Å²) < 4.78 is 2.47. The first-order valence-electron chi connectivity index (χ1n) is 7.84. The van der Waals surface area contributed by atoms with Gasteiger partial charge in [-0.05, 0) is 24.3 Å². The lowest BCUT2D eigenvalue weighted by Crippen LogP contribution is -2.35. The molecule has 2 heterocycles. The molecule has 134 valence electrons. The number of hydrogen-bond acceptors (Lipinski definition) is 6. The number of benzene rings is 1. The zero-order valence-corrected chi connectivity index (χ0v) is 13.7. The van der Waals surface area contributed by atoms with Crippen LogP contribution in [0.4, 0.5) is 11.4 Å². The molecule has 3 aromatic rings. The third kappa shape index (κ3) is 3.86. The van der Waals surface area contributed by atoms with Crippen molar-refractivity contribution >= 4 is 22.9 Å². The highest BCUT2D eigenvalue weighted by Crippen LogP contribution is 2.14. The number of pyridine rings is 1. The molecule has 3 rings (SSSR count). The number of nitro benzene ring substituents is 1. The zero-order valence-electron chi connectivity index (χ0n) is 13.7. The molecule has 0 aliphatic heterocycles. The van der Waals surface area contributed by atoms with Crippen molar-refractivity contribution in [3.8, 4) is 0 Å². The van der Waals surface area contributed by atoms with Crippen LogP contribution in [0.5, 0.6) is 0 Å². The van der Waals surface area contributed by atoms with Gasteiger partial charge in [0, 0.05) is 37.1 Å². The standard InChI is InChI=1S/C16H16N6O4/c23-15(11-21-16(24)20-10-2-1-3-14(20)19-21)18-9-8-17-12-4-6-13(7-5-12)22(25)26/h1-7,10,17H,8-9,11H2,(H,18,23). The number of carbonyl (C=O) groups excluding carboxylic acids is 1. The van der Waals surface area contributed by atoms with Crippen molar-refractivity contribution < 1.29 is 9.72 Å². The van der Waals surface area contributed by atoms with E-state index in [1.165, 1.54) is 16.5 Å². The van der Waals surface area contributed by atoms with E-state index in [9.17, 15) is 19.7 Å². The second-order valence-corrected chi connectivity index (χ2v) is 5.45. The lowest BCUT2D eigenvalue weighted by Gasteiger charge is -2.07. The molecule has 0 spiro atoms. The fraction of sp³-hybridized carbons (Fsp3) is 0.188. The summed E-state index contributed by atoms with van der Waals surface area (Å²) >= 11 is 0. The monoisotopic (exact) mass is 356 g/mol. The van der Waals surface area contributed by atoms with Crippen molar-refractivity contribution in [3.05, 3.63) is 69.3 Å². The van der Waals surface area contributed by atoms with Crippen LogP contribution in [0, 0.1) is 10.1 Å². The highest BCUT2D eigenvalue weighted by molar-refractivity contribution is 5.75. The number of non-ortho nitro benzene ring substituents is 1. The Kier molecular flexibility index (Phi) is 4.92. The van der Waals surface area contributed by atoms with E-state index in [4.69, 9.17) is 0 Å². The largest absolute Gasteiger partial charge is 0.383 e. The lowest BCUT2D eigenvalue weighted by molar-refractivity contribution is -0.384. The Labute approximate surface area is 147 Å². The zero-order chi connectivity index (χ0) is 18.5. The molecule has 1 amide bonds. The van der Waals surface area contributed by atoms with E-state index in [1.807, 2.05) is 0 Å². The van der Waals surface area contributed by atoms with Gasteiger partial charge in [0.15, 0.2) is 5.65 Å². The maximum atomic E-state index is 12.1. The number of amides is 1. The Hall–Kier alpha value is -3.69. The molecule has 0 aliphatic rings. The minimum absolute atomic E-state index is 0.0155. The van der Waals surface area contributed by atoms with Gasteiger partial charge in [0.25, 0.3) is 5.69 Å². The summed E-state index contributed by atoms with van der Waals surface area (Å²) in [5.41, 5.74) is 0.827. The molecule has 2 aromatic heterocycles. The van der Waals surface area contributed by atoms with Crippen LogP contribution < -0.4 is 16.3 Å². The number of fused-ring (bicyclic) bond motifs is 1. The molecule has 0 bridgehead atoms. The molecule has 0 aliphatic carbocycles. The number of aromatic nitrogens is 3. The fourth-order valence-electron chi connectivity index (χ4n) is 2.37. The first-order chi connectivity index (χ1) is 12.5. The highest BCUT2D eigenvalue weighted by Gasteiger charge is 2.10. The summed E-state index contributed by atoms with van der Waals surface area (Å²) in [6.07, 6.45) is 1.59. The van der Waals surface area contributed by atoms with E-state index in [0.29, 0.717) is 24.4 Å². The number of rotatable bonds is 7. The summed E-state index contributed by atoms with van der Waals surface area (Å²) in [7, 11) is 0. The van der Waals surface area contributed by atoms with Crippen LogP contribution in [0.25, 0.3) is 5.65 Å². The first-order valence-corrected chi connectivity index (χ1v) is 7.84. The Morgan fingerprint density at radius 1 is 1.15 bits per heavy atom. The SMILES string of the molecule is O=C(Cn1nc2ccccn2c1=O)NCCNc1ccc([N+](=O)[O-])cc1. The predicted octanol–water partition coefficient (Wildman–Crippen LogP) is 0.633. The van der Waals surface area contributed by atoms with Crippen LogP contribution in [0.15, 0.2) is 53.5 Å². The van der Waals surface area contributed by atoms with Crippen molar-refractivity contribution in [1.29, 1.82) is 0 Å². The van der Waals surface area contributed by atoms with E-state index < -0.39 is 4.92 Å². The number of nitrogens with zero attached hydrogens (tertiary/aromatic N) is 4. The number of carbonyl (C=O) groups is 1. The summed E-state index contributed by atoms with van der Waals surface area (Å²) in [6.45, 7) is 0.597. The summed E-state index contributed by atoms with van der Waals surface area (Å²) in [6, 6.07) is 11.1. The van der Waals surface area contributed by atoms with Gasteiger partial charge >= 0.3 is 5.69 Å². The molecule has 0 unspecified atom stereocenters. The van der Waals surface area contributed by atoms with Gasteiger partial charge in [-0.15, -0.1) is 5.10 Å². The average Bonchev–Trinajstić information content (AvgIpc) is 2.95. The normalized spacial score (nSPS) is 10.6. The fourth-order valence-corrected chi connectivity index (χ4v) is 2.37. The molecule has 0 atom stereocenters. The van der Waals surface area contributed by atoms with Gasteiger partial charge in [-0.1, -0.05) is 6.07 Å². The molecule has 10 heteroatoms. The van der Waals surface area contributed by atoms with Crippen molar-refractivity contribution in [2.45, 2.75) is 6.54 Å². The van der Waals surface area contributed by atoms with Crippen LogP contribution in [-0.4, -0.2) is 38.1 Å². The molecule has 2 N–H and O–H groups in total. The molecular formula is C16H16N6O4. The Bertz CT molecular complexity index is 992. The number of nitro groups is 1. The number of nitrogens with one attached hydrogen (secondary N) is 2. The maximum absolute atomic E-state index is 12.1. The Morgan fingerprint density at radius 2 is 1.92 bits per heavy atom. The topological polar surface area (TPSA) is 124 Å². The van der Waals surface area contributed by atoms with Crippen LogP contribution in [0.1, 0.15) is 0 Å². The molecule has 0 saturated heterocycles. The van der Waals surface area contributed by atoms with Crippen LogP contribution in [0.2, 0.25) is 0 Å². The molecule has 1 aromatic carbocycles. The van der Waals surface area contributed by atoms with E-state index in [1.54, 1.807) is 36.5 Å². The summed E-state index contributed by atoms with van der Waals surface area (Å²) in [5.74, 6) is -0.332. The minimum Gasteiger partial charge on any atom is -0.383 e. The van der Waals surface area contributed by atoms with Crippen LogP contribution >= 0.6 is 0 Å². The highest BCUT2D eigenvalue weighted by atomic mass is 16.6. The number of anilines is 1. The second kappa shape index (κ2) is 7.47. The average molecular weight is 356 g/mol. The molecule has 0 fully saturated rings.